The largest absolute Gasteiger partial charge is 0.461 e. The SMILES string of the molecule is OCCCc1ccc(-c2cccc(Cl)c2)o1. The highest BCUT2D eigenvalue weighted by atomic mass is 35.5. The maximum absolute atomic E-state index is 8.73. The Hall–Kier alpha value is -1.25. The predicted molar refractivity (Wildman–Crippen MR) is 64.6 cm³/mol. The first-order valence-corrected chi connectivity index (χ1v) is 5.63. The quantitative estimate of drug-likeness (QED) is 0.881. The fourth-order valence-electron chi connectivity index (χ4n) is 1.56. The van der Waals surface area contributed by atoms with Crippen LogP contribution in [0.5, 0.6) is 0 Å². The summed E-state index contributed by atoms with van der Waals surface area (Å²) in [4.78, 5) is 0. The van der Waals surface area contributed by atoms with E-state index < -0.39 is 0 Å². The number of rotatable bonds is 4. The third kappa shape index (κ3) is 2.65. The molecule has 0 amide bonds. The Morgan fingerprint density at radius 3 is 2.81 bits per heavy atom. The van der Waals surface area contributed by atoms with Gasteiger partial charge in [0.1, 0.15) is 11.5 Å². The van der Waals surface area contributed by atoms with Gasteiger partial charge in [0.2, 0.25) is 0 Å². The summed E-state index contributed by atoms with van der Waals surface area (Å²) in [6.07, 6.45) is 1.49. The summed E-state index contributed by atoms with van der Waals surface area (Å²) in [6, 6.07) is 11.4. The van der Waals surface area contributed by atoms with Crippen molar-refractivity contribution in [1.82, 2.24) is 0 Å². The summed E-state index contributed by atoms with van der Waals surface area (Å²) in [5.74, 6) is 1.71. The molecule has 0 spiro atoms. The van der Waals surface area contributed by atoms with Gasteiger partial charge in [-0.2, -0.15) is 0 Å². The molecule has 0 fully saturated rings. The van der Waals surface area contributed by atoms with Gasteiger partial charge in [-0.05, 0) is 30.7 Å². The molecule has 0 saturated heterocycles. The molecular formula is C13H13ClO2. The molecule has 2 rings (SSSR count). The number of hydrogen-bond donors (Lipinski definition) is 1. The van der Waals surface area contributed by atoms with Crippen molar-refractivity contribution in [3.8, 4) is 11.3 Å². The molecule has 0 unspecified atom stereocenters. The van der Waals surface area contributed by atoms with Crippen LogP contribution in [0, 0.1) is 0 Å². The molecule has 0 saturated carbocycles. The van der Waals surface area contributed by atoms with E-state index in [-0.39, 0.29) is 6.61 Å². The van der Waals surface area contributed by atoms with Crippen molar-refractivity contribution in [3.63, 3.8) is 0 Å². The molecule has 2 aromatic rings. The molecular weight excluding hydrogens is 224 g/mol. The van der Waals surface area contributed by atoms with Crippen LogP contribution in [0.3, 0.4) is 0 Å². The van der Waals surface area contributed by atoms with Crippen LogP contribution in [0.15, 0.2) is 40.8 Å². The van der Waals surface area contributed by atoms with Gasteiger partial charge in [0, 0.05) is 23.6 Å². The van der Waals surface area contributed by atoms with E-state index in [1.165, 1.54) is 0 Å². The Bertz CT molecular complexity index is 462. The van der Waals surface area contributed by atoms with Gasteiger partial charge in [0.15, 0.2) is 0 Å². The molecule has 3 heteroatoms. The van der Waals surface area contributed by atoms with Crippen molar-refractivity contribution < 1.29 is 9.52 Å². The molecule has 0 aliphatic rings. The van der Waals surface area contributed by atoms with Crippen LogP contribution in [-0.2, 0) is 6.42 Å². The number of furan rings is 1. The van der Waals surface area contributed by atoms with Crippen LogP contribution in [0.4, 0.5) is 0 Å². The van der Waals surface area contributed by atoms with Gasteiger partial charge >= 0.3 is 0 Å². The Kier molecular flexibility index (Phi) is 3.65. The minimum atomic E-state index is 0.188. The standard InChI is InChI=1S/C13H13ClO2/c14-11-4-1-3-10(9-11)13-7-6-12(16-13)5-2-8-15/h1,3-4,6-7,9,15H,2,5,8H2. The Labute approximate surface area is 99.5 Å². The fourth-order valence-corrected chi connectivity index (χ4v) is 1.75. The summed E-state index contributed by atoms with van der Waals surface area (Å²) < 4.78 is 5.66. The first-order chi connectivity index (χ1) is 7.79. The zero-order valence-electron chi connectivity index (χ0n) is 8.82. The van der Waals surface area contributed by atoms with E-state index in [4.69, 9.17) is 21.1 Å². The van der Waals surface area contributed by atoms with Gasteiger partial charge < -0.3 is 9.52 Å². The van der Waals surface area contributed by atoms with E-state index in [0.29, 0.717) is 5.02 Å². The second-order valence-electron chi connectivity index (χ2n) is 3.60. The average Bonchev–Trinajstić information content (AvgIpc) is 2.75. The van der Waals surface area contributed by atoms with Crippen LogP contribution in [0.1, 0.15) is 12.2 Å². The van der Waals surface area contributed by atoms with E-state index in [9.17, 15) is 0 Å². The van der Waals surface area contributed by atoms with Gasteiger partial charge in [-0.3, -0.25) is 0 Å². The third-order valence-electron chi connectivity index (χ3n) is 2.35. The summed E-state index contributed by atoms with van der Waals surface area (Å²) in [5.41, 5.74) is 0.975. The van der Waals surface area contributed by atoms with E-state index >= 15 is 0 Å². The van der Waals surface area contributed by atoms with E-state index in [1.807, 2.05) is 36.4 Å². The van der Waals surface area contributed by atoms with Crippen molar-refractivity contribution in [2.24, 2.45) is 0 Å². The lowest BCUT2D eigenvalue weighted by Gasteiger charge is -1.98. The Morgan fingerprint density at radius 1 is 1.19 bits per heavy atom. The van der Waals surface area contributed by atoms with Gasteiger partial charge in [-0.15, -0.1) is 0 Å². The molecule has 1 heterocycles. The van der Waals surface area contributed by atoms with Crippen molar-refractivity contribution in [2.45, 2.75) is 12.8 Å². The number of aliphatic hydroxyl groups is 1. The molecule has 0 atom stereocenters. The van der Waals surface area contributed by atoms with E-state index in [2.05, 4.69) is 0 Å². The highest BCUT2D eigenvalue weighted by Crippen LogP contribution is 2.25. The van der Waals surface area contributed by atoms with Crippen molar-refractivity contribution in [1.29, 1.82) is 0 Å². The highest BCUT2D eigenvalue weighted by Gasteiger charge is 2.04. The topological polar surface area (TPSA) is 33.4 Å². The van der Waals surface area contributed by atoms with Crippen molar-refractivity contribution in [3.05, 3.63) is 47.2 Å². The van der Waals surface area contributed by atoms with Gasteiger partial charge in [-0.1, -0.05) is 23.7 Å². The van der Waals surface area contributed by atoms with E-state index in [1.54, 1.807) is 0 Å². The first-order valence-electron chi connectivity index (χ1n) is 5.25. The summed E-state index contributed by atoms with van der Waals surface area (Å²) in [6.45, 7) is 0.188. The minimum absolute atomic E-state index is 0.188. The molecule has 1 N–H and O–H groups in total. The van der Waals surface area contributed by atoms with E-state index in [0.717, 1.165) is 29.9 Å². The number of benzene rings is 1. The zero-order valence-corrected chi connectivity index (χ0v) is 9.57. The summed E-state index contributed by atoms with van der Waals surface area (Å²) in [7, 11) is 0. The number of halogens is 1. The smallest absolute Gasteiger partial charge is 0.134 e. The average molecular weight is 237 g/mol. The zero-order chi connectivity index (χ0) is 11.4. The van der Waals surface area contributed by atoms with Gasteiger partial charge in [0.25, 0.3) is 0 Å². The maximum Gasteiger partial charge on any atom is 0.134 e. The molecule has 0 aliphatic heterocycles. The Morgan fingerprint density at radius 2 is 2.06 bits per heavy atom. The second kappa shape index (κ2) is 5.19. The maximum atomic E-state index is 8.73. The first kappa shape index (κ1) is 11.2. The highest BCUT2D eigenvalue weighted by molar-refractivity contribution is 6.30. The van der Waals surface area contributed by atoms with Crippen LogP contribution in [0.2, 0.25) is 5.02 Å². The second-order valence-corrected chi connectivity index (χ2v) is 4.04. The van der Waals surface area contributed by atoms with Gasteiger partial charge in [0.05, 0.1) is 0 Å². The molecule has 0 aliphatic carbocycles. The monoisotopic (exact) mass is 236 g/mol. The number of hydrogen-bond acceptors (Lipinski definition) is 2. The molecule has 2 nitrogen and oxygen atoms in total. The van der Waals surface area contributed by atoms with Crippen LogP contribution in [-0.4, -0.2) is 11.7 Å². The molecule has 0 radical (unpaired) electrons. The van der Waals surface area contributed by atoms with Crippen molar-refractivity contribution >= 4 is 11.6 Å². The minimum Gasteiger partial charge on any atom is -0.461 e. The summed E-state index contributed by atoms with van der Waals surface area (Å²) >= 11 is 5.91. The van der Waals surface area contributed by atoms with Crippen LogP contribution < -0.4 is 0 Å². The third-order valence-corrected chi connectivity index (χ3v) is 2.59. The lowest BCUT2D eigenvalue weighted by molar-refractivity contribution is 0.284. The normalized spacial score (nSPS) is 10.6. The lowest BCUT2D eigenvalue weighted by atomic mass is 10.2. The van der Waals surface area contributed by atoms with Crippen molar-refractivity contribution in [2.75, 3.05) is 6.61 Å². The van der Waals surface area contributed by atoms with Crippen LogP contribution >= 0.6 is 11.6 Å². The predicted octanol–water partition coefficient (Wildman–Crippen LogP) is 3.52. The summed E-state index contributed by atoms with van der Waals surface area (Å²) in [5, 5.41) is 9.43. The molecule has 0 bridgehead atoms. The molecule has 84 valence electrons. The molecule has 1 aromatic carbocycles. The number of aryl methyl sites for hydroxylation is 1. The number of aliphatic hydroxyl groups excluding tert-OH is 1. The Balaban J connectivity index is 2.18. The lowest BCUT2D eigenvalue weighted by Crippen LogP contribution is -1.86. The van der Waals surface area contributed by atoms with Crippen LogP contribution in [0.25, 0.3) is 11.3 Å². The van der Waals surface area contributed by atoms with Gasteiger partial charge in [-0.25, -0.2) is 0 Å². The molecule has 16 heavy (non-hydrogen) atoms. The molecule has 1 aromatic heterocycles. The fraction of sp³-hybridized carbons (Fsp3) is 0.231.